The molecular formula is C14H13BrFNO. The van der Waals surface area contributed by atoms with Crippen molar-refractivity contribution in [3.8, 4) is 6.07 Å². The quantitative estimate of drug-likeness (QED) is 0.834. The van der Waals surface area contributed by atoms with Crippen LogP contribution in [-0.2, 0) is 11.2 Å². The summed E-state index contributed by atoms with van der Waals surface area (Å²) in [7, 11) is 0. The second-order valence-electron chi connectivity index (χ2n) is 4.74. The van der Waals surface area contributed by atoms with Gasteiger partial charge in [-0.1, -0.05) is 22.4 Å². The first-order valence-electron chi connectivity index (χ1n) is 5.96. The number of carbonyl (C=O) groups excluding carboxylic acids is 1. The van der Waals surface area contributed by atoms with Crippen molar-refractivity contribution in [1.29, 1.82) is 5.26 Å². The Kier molecular flexibility index (Phi) is 3.82. The molecule has 2 rings (SSSR count). The molecule has 1 saturated carbocycles. The van der Waals surface area contributed by atoms with Crippen LogP contribution < -0.4 is 0 Å². The summed E-state index contributed by atoms with van der Waals surface area (Å²) in [6.45, 7) is 0. The fourth-order valence-electron chi connectivity index (χ4n) is 2.44. The number of nitriles is 1. The number of rotatable bonds is 2. The highest BCUT2D eigenvalue weighted by Gasteiger charge is 2.40. The number of hydrogen-bond donors (Lipinski definition) is 0. The van der Waals surface area contributed by atoms with Crippen LogP contribution in [0.1, 0.15) is 31.2 Å². The zero-order valence-electron chi connectivity index (χ0n) is 9.88. The molecule has 0 amide bonds. The van der Waals surface area contributed by atoms with Crippen LogP contribution in [0.2, 0.25) is 0 Å². The molecule has 4 heteroatoms. The summed E-state index contributed by atoms with van der Waals surface area (Å²) >= 11 is 3.34. The first-order valence-corrected chi connectivity index (χ1v) is 6.75. The number of halogens is 2. The van der Waals surface area contributed by atoms with Gasteiger partial charge in [0, 0.05) is 10.9 Å². The minimum atomic E-state index is -0.964. The zero-order chi connectivity index (χ0) is 13.2. The molecule has 0 heterocycles. The van der Waals surface area contributed by atoms with Crippen molar-refractivity contribution < 1.29 is 9.18 Å². The van der Waals surface area contributed by atoms with Crippen LogP contribution in [0.3, 0.4) is 0 Å². The van der Waals surface area contributed by atoms with E-state index in [9.17, 15) is 14.4 Å². The summed E-state index contributed by atoms with van der Waals surface area (Å²) in [5.74, 6) is -0.350. The van der Waals surface area contributed by atoms with Gasteiger partial charge < -0.3 is 0 Å². The molecule has 94 valence electrons. The molecule has 1 unspecified atom stereocenters. The molecule has 1 aromatic carbocycles. The maximum atomic E-state index is 13.2. The second kappa shape index (κ2) is 5.19. The molecule has 0 radical (unpaired) electrons. The van der Waals surface area contributed by atoms with E-state index in [0.29, 0.717) is 24.8 Å². The van der Waals surface area contributed by atoms with Gasteiger partial charge in [0.1, 0.15) is 11.2 Å². The fraction of sp³-hybridized carbons (Fsp3) is 0.429. The normalized spacial score (nSPS) is 23.7. The van der Waals surface area contributed by atoms with E-state index in [4.69, 9.17) is 0 Å². The minimum absolute atomic E-state index is 0.00703. The molecule has 0 N–H and O–H groups in total. The van der Waals surface area contributed by atoms with Gasteiger partial charge in [-0.15, -0.1) is 0 Å². The third kappa shape index (κ3) is 2.46. The monoisotopic (exact) mass is 309 g/mol. The van der Waals surface area contributed by atoms with E-state index in [1.165, 1.54) is 12.1 Å². The van der Waals surface area contributed by atoms with Gasteiger partial charge in [0.05, 0.1) is 6.07 Å². The lowest BCUT2D eigenvalue weighted by Crippen LogP contribution is -2.35. The number of benzene rings is 1. The van der Waals surface area contributed by atoms with Crippen LogP contribution in [0, 0.1) is 22.6 Å². The highest BCUT2D eigenvalue weighted by Crippen LogP contribution is 2.37. The Morgan fingerprint density at radius 1 is 1.44 bits per heavy atom. The smallest absolute Gasteiger partial charge is 0.153 e. The standard InChI is InChI=1S/C14H13BrFNO/c15-12-5-4-11(16)7-10(12)8-14(9-17)6-2-1-3-13(14)18/h4-5,7H,1-3,6,8H2. The predicted molar refractivity (Wildman–Crippen MR) is 69.3 cm³/mol. The Morgan fingerprint density at radius 2 is 2.22 bits per heavy atom. The van der Waals surface area contributed by atoms with Crippen LogP contribution in [-0.4, -0.2) is 5.78 Å². The van der Waals surface area contributed by atoms with Crippen LogP contribution in [0.25, 0.3) is 0 Å². The second-order valence-corrected chi connectivity index (χ2v) is 5.59. The Morgan fingerprint density at radius 3 is 2.89 bits per heavy atom. The van der Waals surface area contributed by atoms with Crippen molar-refractivity contribution >= 4 is 21.7 Å². The van der Waals surface area contributed by atoms with Gasteiger partial charge in [0.15, 0.2) is 5.78 Å². The number of ketones is 1. The maximum Gasteiger partial charge on any atom is 0.153 e. The lowest BCUT2D eigenvalue weighted by atomic mass is 9.70. The molecule has 1 atom stereocenters. The van der Waals surface area contributed by atoms with Gasteiger partial charge in [-0.05, 0) is 43.0 Å². The van der Waals surface area contributed by atoms with E-state index in [1.54, 1.807) is 6.07 Å². The molecular weight excluding hydrogens is 297 g/mol. The van der Waals surface area contributed by atoms with Crippen LogP contribution in [0.5, 0.6) is 0 Å². The molecule has 0 aromatic heterocycles. The maximum absolute atomic E-state index is 13.2. The molecule has 1 aliphatic rings. The van der Waals surface area contributed by atoms with Crippen molar-refractivity contribution in [3.63, 3.8) is 0 Å². The van der Waals surface area contributed by atoms with Crippen molar-refractivity contribution in [2.24, 2.45) is 5.41 Å². The third-order valence-electron chi connectivity index (χ3n) is 3.51. The van der Waals surface area contributed by atoms with E-state index in [-0.39, 0.29) is 11.6 Å². The van der Waals surface area contributed by atoms with Crippen LogP contribution in [0.4, 0.5) is 4.39 Å². The van der Waals surface area contributed by atoms with Crippen molar-refractivity contribution in [1.82, 2.24) is 0 Å². The highest BCUT2D eigenvalue weighted by molar-refractivity contribution is 9.10. The number of hydrogen-bond acceptors (Lipinski definition) is 2. The Bertz CT molecular complexity index is 523. The summed E-state index contributed by atoms with van der Waals surface area (Å²) in [6.07, 6.45) is 3.06. The summed E-state index contributed by atoms with van der Waals surface area (Å²) in [4.78, 5) is 12.0. The molecule has 0 spiro atoms. The number of nitrogens with zero attached hydrogens (tertiary/aromatic N) is 1. The summed E-state index contributed by atoms with van der Waals surface area (Å²) < 4.78 is 14.0. The SMILES string of the molecule is N#CC1(Cc2cc(F)ccc2Br)CCCCC1=O. The topological polar surface area (TPSA) is 40.9 Å². The Labute approximate surface area is 114 Å². The molecule has 0 bridgehead atoms. The average Bonchev–Trinajstić information content (AvgIpc) is 2.37. The van der Waals surface area contributed by atoms with E-state index >= 15 is 0 Å². The fourth-order valence-corrected chi connectivity index (χ4v) is 2.83. The lowest BCUT2D eigenvalue weighted by molar-refractivity contribution is -0.128. The van der Waals surface area contributed by atoms with E-state index in [1.807, 2.05) is 0 Å². The Hall–Kier alpha value is -1.21. The molecule has 1 aliphatic carbocycles. The summed E-state index contributed by atoms with van der Waals surface area (Å²) in [5.41, 5.74) is -0.277. The third-order valence-corrected chi connectivity index (χ3v) is 4.28. The predicted octanol–water partition coefficient (Wildman–Crippen LogP) is 3.78. The molecule has 18 heavy (non-hydrogen) atoms. The molecule has 2 nitrogen and oxygen atoms in total. The van der Waals surface area contributed by atoms with Gasteiger partial charge in [0.25, 0.3) is 0 Å². The van der Waals surface area contributed by atoms with E-state index < -0.39 is 5.41 Å². The number of Topliss-reactive ketones (excluding diaryl/α,β-unsaturated/α-hetero) is 1. The summed E-state index contributed by atoms with van der Waals surface area (Å²) in [5, 5.41) is 9.35. The van der Waals surface area contributed by atoms with E-state index in [2.05, 4.69) is 22.0 Å². The highest BCUT2D eigenvalue weighted by atomic mass is 79.9. The van der Waals surface area contributed by atoms with Crippen molar-refractivity contribution in [2.45, 2.75) is 32.1 Å². The van der Waals surface area contributed by atoms with Crippen LogP contribution in [0.15, 0.2) is 22.7 Å². The summed E-state index contributed by atoms with van der Waals surface area (Å²) in [6, 6.07) is 6.53. The van der Waals surface area contributed by atoms with Gasteiger partial charge in [-0.3, -0.25) is 4.79 Å². The van der Waals surface area contributed by atoms with Gasteiger partial charge in [0.2, 0.25) is 0 Å². The van der Waals surface area contributed by atoms with Gasteiger partial charge in [-0.25, -0.2) is 4.39 Å². The molecule has 1 fully saturated rings. The van der Waals surface area contributed by atoms with E-state index in [0.717, 1.165) is 17.3 Å². The van der Waals surface area contributed by atoms with Crippen molar-refractivity contribution in [2.75, 3.05) is 0 Å². The minimum Gasteiger partial charge on any atom is -0.298 e. The molecule has 0 aliphatic heterocycles. The number of carbonyl (C=O) groups is 1. The lowest BCUT2D eigenvalue weighted by Gasteiger charge is -2.29. The van der Waals surface area contributed by atoms with Gasteiger partial charge >= 0.3 is 0 Å². The molecule has 1 aromatic rings. The Balaban J connectivity index is 2.33. The zero-order valence-corrected chi connectivity index (χ0v) is 11.5. The first kappa shape index (κ1) is 13.2. The van der Waals surface area contributed by atoms with Crippen molar-refractivity contribution in [3.05, 3.63) is 34.1 Å². The van der Waals surface area contributed by atoms with Crippen LogP contribution >= 0.6 is 15.9 Å². The largest absolute Gasteiger partial charge is 0.298 e. The average molecular weight is 310 g/mol. The van der Waals surface area contributed by atoms with Gasteiger partial charge in [-0.2, -0.15) is 5.26 Å². The molecule has 0 saturated heterocycles. The first-order chi connectivity index (χ1) is 8.57.